The van der Waals surface area contributed by atoms with Crippen molar-refractivity contribution in [1.29, 1.82) is 0 Å². The summed E-state index contributed by atoms with van der Waals surface area (Å²) < 4.78 is 5.66. The fourth-order valence-corrected chi connectivity index (χ4v) is 3.73. The number of rotatable bonds is 6. The average Bonchev–Trinajstić information content (AvgIpc) is 3.17. The molecule has 1 fully saturated rings. The van der Waals surface area contributed by atoms with E-state index in [2.05, 4.69) is 20.2 Å². The number of anilines is 1. The topological polar surface area (TPSA) is 70.2 Å². The van der Waals surface area contributed by atoms with E-state index in [4.69, 9.17) is 4.74 Å². The van der Waals surface area contributed by atoms with Gasteiger partial charge in [0.15, 0.2) is 0 Å². The Morgan fingerprint density at radius 3 is 2.59 bits per heavy atom. The second-order valence-corrected chi connectivity index (χ2v) is 7.87. The van der Waals surface area contributed by atoms with Crippen molar-refractivity contribution in [2.45, 2.75) is 39.3 Å². The van der Waals surface area contributed by atoms with Gasteiger partial charge in [0.1, 0.15) is 5.75 Å². The van der Waals surface area contributed by atoms with Crippen molar-refractivity contribution < 1.29 is 9.53 Å². The zero-order valence-electron chi connectivity index (χ0n) is 17.0. The third-order valence-corrected chi connectivity index (χ3v) is 5.30. The Balaban J connectivity index is 1.26. The summed E-state index contributed by atoms with van der Waals surface area (Å²) in [5, 5.41) is 3.08. The number of imidazole rings is 1. The highest BCUT2D eigenvalue weighted by Crippen LogP contribution is 2.24. The first-order chi connectivity index (χ1) is 14.1. The summed E-state index contributed by atoms with van der Waals surface area (Å²) in [5.74, 6) is 1.94. The van der Waals surface area contributed by atoms with Gasteiger partial charge in [-0.15, -0.1) is 0 Å². The van der Waals surface area contributed by atoms with Crippen molar-refractivity contribution in [3.63, 3.8) is 0 Å². The first kappa shape index (κ1) is 19.3. The third kappa shape index (κ3) is 4.70. The molecule has 0 atom stereocenters. The fraction of sp³-hybridized carbons (Fsp3) is 0.391. The monoisotopic (exact) mass is 392 g/mol. The van der Waals surface area contributed by atoms with Gasteiger partial charge in [0, 0.05) is 25.6 Å². The number of nitrogens with one attached hydrogen (secondary N) is 2. The highest BCUT2D eigenvalue weighted by molar-refractivity contribution is 5.79. The van der Waals surface area contributed by atoms with Gasteiger partial charge in [0.2, 0.25) is 11.9 Å². The van der Waals surface area contributed by atoms with Crippen LogP contribution in [0.3, 0.4) is 0 Å². The minimum atomic E-state index is 0.0548. The largest absolute Gasteiger partial charge is 0.491 e. The molecule has 1 aromatic heterocycles. The normalized spacial score (nSPS) is 15.1. The number of aromatic amines is 1. The molecule has 2 N–H and O–H groups in total. The Hall–Kier alpha value is -3.02. The number of nitrogens with zero attached hydrogens (tertiary/aromatic N) is 2. The minimum Gasteiger partial charge on any atom is -0.491 e. The highest BCUT2D eigenvalue weighted by atomic mass is 16.5. The van der Waals surface area contributed by atoms with Crippen molar-refractivity contribution in [2.24, 2.45) is 5.92 Å². The Labute approximate surface area is 171 Å². The molecule has 0 spiro atoms. The lowest BCUT2D eigenvalue weighted by atomic mass is 9.96. The molecule has 3 aromatic rings. The maximum atomic E-state index is 12.6. The number of hydrogen-bond donors (Lipinski definition) is 2. The summed E-state index contributed by atoms with van der Waals surface area (Å²) in [6.07, 6.45) is 1.83. The molecule has 2 heterocycles. The highest BCUT2D eigenvalue weighted by Gasteiger charge is 2.26. The fourth-order valence-electron chi connectivity index (χ4n) is 3.73. The summed E-state index contributed by atoms with van der Waals surface area (Å²) in [5.41, 5.74) is 3.11. The molecule has 1 aliphatic rings. The molecular formula is C23H28N4O2. The maximum absolute atomic E-state index is 12.6. The number of H-pyrrole nitrogens is 1. The lowest BCUT2D eigenvalue weighted by Gasteiger charge is -2.31. The number of benzene rings is 2. The standard InChI is InChI=1S/C23H28N4O2/c1-16(2)29-19-9-7-17(8-10-19)15-24-22(28)18-11-13-27(14-12-18)23-25-20-5-3-4-6-21(20)26-23/h3-10,16,18H,11-15H2,1-2H3,(H,24,28)(H,25,26). The SMILES string of the molecule is CC(C)Oc1ccc(CNC(=O)C2CCN(c3nc4ccccc4[nH]3)CC2)cc1. The van der Waals surface area contributed by atoms with Crippen molar-refractivity contribution in [2.75, 3.05) is 18.0 Å². The molecule has 0 aliphatic carbocycles. The average molecular weight is 393 g/mol. The molecule has 6 nitrogen and oxygen atoms in total. The van der Waals surface area contributed by atoms with Crippen LogP contribution in [0.25, 0.3) is 11.0 Å². The molecule has 0 bridgehead atoms. The van der Waals surface area contributed by atoms with E-state index in [-0.39, 0.29) is 17.9 Å². The zero-order chi connectivity index (χ0) is 20.2. The summed E-state index contributed by atoms with van der Waals surface area (Å²) >= 11 is 0. The first-order valence-electron chi connectivity index (χ1n) is 10.3. The molecule has 0 radical (unpaired) electrons. The van der Waals surface area contributed by atoms with Gasteiger partial charge in [0.05, 0.1) is 17.1 Å². The van der Waals surface area contributed by atoms with Gasteiger partial charge < -0.3 is 19.9 Å². The molecule has 152 valence electrons. The molecule has 0 unspecified atom stereocenters. The molecule has 0 saturated carbocycles. The summed E-state index contributed by atoms with van der Waals surface area (Å²) in [6.45, 7) is 6.23. The van der Waals surface area contributed by atoms with Crippen LogP contribution in [0.2, 0.25) is 0 Å². The number of piperidine rings is 1. The number of para-hydroxylation sites is 2. The third-order valence-electron chi connectivity index (χ3n) is 5.30. The Morgan fingerprint density at radius 1 is 1.17 bits per heavy atom. The van der Waals surface area contributed by atoms with Gasteiger partial charge in [-0.2, -0.15) is 0 Å². The van der Waals surface area contributed by atoms with E-state index in [1.54, 1.807) is 0 Å². The number of aromatic nitrogens is 2. The number of carbonyl (C=O) groups excluding carboxylic acids is 1. The van der Waals surface area contributed by atoms with E-state index in [1.165, 1.54) is 0 Å². The van der Waals surface area contributed by atoms with Crippen LogP contribution in [-0.2, 0) is 11.3 Å². The first-order valence-corrected chi connectivity index (χ1v) is 10.3. The van der Waals surface area contributed by atoms with Crippen LogP contribution in [0, 0.1) is 5.92 Å². The van der Waals surface area contributed by atoms with Gasteiger partial charge in [-0.25, -0.2) is 4.98 Å². The second-order valence-electron chi connectivity index (χ2n) is 7.87. The van der Waals surface area contributed by atoms with Crippen LogP contribution >= 0.6 is 0 Å². The molecule has 2 aromatic carbocycles. The summed E-state index contributed by atoms with van der Waals surface area (Å²) in [7, 11) is 0. The maximum Gasteiger partial charge on any atom is 0.223 e. The van der Waals surface area contributed by atoms with Crippen molar-refractivity contribution in [1.82, 2.24) is 15.3 Å². The van der Waals surface area contributed by atoms with Crippen molar-refractivity contribution >= 4 is 22.9 Å². The van der Waals surface area contributed by atoms with Gasteiger partial charge in [-0.05, 0) is 56.5 Å². The lowest BCUT2D eigenvalue weighted by Crippen LogP contribution is -2.40. The van der Waals surface area contributed by atoms with Crippen LogP contribution in [0.4, 0.5) is 5.95 Å². The number of ether oxygens (including phenoxy) is 1. The molecule has 1 aliphatic heterocycles. The van der Waals surface area contributed by atoms with Gasteiger partial charge in [-0.1, -0.05) is 24.3 Å². The van der Waals surface area contributed by atoms with E-state index in [0.29, 0.717) is 6.54 Å². The van der Waals surface area contributed by atoms with Crippen LogP contribution in [0.15, 0.2) is 48.5 Å². The number of amides is 1. The van der Waals surface area contributed by atoms with Crippen LogP contribution in [0.5, 0.6) is 5.75 Å². The smallest absolute Gasteiger partial charge is 0.223 e. The Bertz CT molecular complexity index is 923. The molecule has 29 heavy (non-hydrogen) atoms. The molecule has 1 saturated heterocycles. The summed E-state index contributed by atoms with van der Waals surface area (Å²) in [4.78, 5) is 22.9. The molecule has 6 heteroatoms. The van der Waals surface area contributed by atoms with Crippen LogP contribution in [0.1, 0.15) is 32.3 Å². The Kier molecular flexibility index (Phi) is 5.69. The van der Waals surface area contributed by atoms with Gasteiger partial charge in [-0.3, -0.25) is 4.79 Å². The molecule has 4 rings (SSSR count). The Morgan fingerprint density at radius 2 is 1.90 bits per heavy atom. The quantitative estimate of drug-likeness (QED) is 0.668. The zero-order valence-corrected chi connectivity index (χ0v) is 17.0. The van der Waals surface area contributed by atoms with E-state index in [1.807, 2.05) is 62.4 Å². The lowest BCUT2D eigenvalue weighted by molar-refractivity contribution is -0.125. The second kappa shape index (κ2) is 8.55. The van der Waals surface area contributed by atoms with E-state index in [9.17, 15) is 4.79 Å². The van der Waals surface area contributed by atoms with E-state index >= 15 is 0 Å². The number of fused-ring (bicyclic) bond motifs is 1. The van der Waals surface area contributed by atoms with Crippen LogP contribution < -0.4 is 15.0 Å². The number of hydrogen-bond acceptors (Lipinski definition) is 4. The minimum absolute atomic E-state index is 0.0548. The van der Waals surface area contributed by atoms with Gasteiger partial charge in [0.25, 0.3) is 0 Å². The van der Waals surface area contributed by atoms with Gasteiger partial charge >= 0.3 is 0 Å². The van der Waals surface area contributed by atoms with E-state index in [0.717, 1.165) is 54.2 Å². The summed E-state index contributed by atoms with van der Waals surface area (Å²) in [6, 6.07) is 16.0. The number of carbonyl (C=O) groups is 1. The predicted molar refractivity (Wildman–Crippen MR) is 115 cm³/mol. The van der Waals surface area contributed by atoms with Crippen molar-refractivity contribution in [3.8, 4) is 5.75 Å². The molecule has 1 amide bonds. The van der Waals surface area contributed by atoms with Crippen LogP contribution in [-0.4, -0.2) is 35.1 Å². The van der Waals surface area contributed by atoms with E-state index < -0.39 is 0 Å². The predicted octanol–water partition coefficient (Wildman–Crippen LogP) is 3.88. The molecular weight excluding hydrogens is 364 g/mol. The van der Waals surface area contributed by atoms with Crippen molar-refractivity contribution in [3.05, 3.63) is 54.1 Å².